The van der Waals surface area contributed by atoms with Crippen molar-refractivity contribution in [1.29, 1.82) is 0 Å². The van der Waals surface area contributed by atoms with Gasteiger partial charge >= 0.3 is 0 Å². The van der Waals surface area contributed by atoms with E-state index in [9.17, 15) is 9.59 Å². The highest BCUT2D eigenvalue weighted by atomic mass is 35.5. The summed E-state index contributed by atoms with van der Waals surface area (Å²) in [7, 11) is 1.62. The molecule has 0 saturated heterocycles. The second-order valence-electron chi connectivity index (χ2n) is 6.45. The van der Waals surface area contributed by atoms with Crippen molar-refractivity contribution in [3.8, 4) is 5.75 Å². The number of amides is 1. The van der Waals surface area contributed by atoms with Crippen LogP contribution in [0.1, 0.15) is 19.2 Å². The Kier molecular flexibility index (Phi) is 7.17. The molecule has 0 atom stereocenters. The monoisotopic (exact) mass is 431 g/mol. The molecule has 8 heteroatoms. The summed E-state index contributed by atoms with van der Waals surface area (Å²) in [6, 6.07) is 12.5. The van der Waals surface area contributed by atoms with E-state index in [0.717, 1.165) is 17.1 Å². The van der Waals surface area contributed by atoms with Crippen LogP contribution in [0.3, 0.4) is 0 Å². The predicted molar refractivity (Wildman–Crippen MR) is 117 cm³/mol. The van der Waals surface area contributed by atoms with Gasteiger partial charge in [-0.2, -0.15) is 0 Å². The summed E-state index contributed by atoms with van der Waals surface area (Å²) < 4.78 is 5.15. The van der Waals surface area contributed by atoms with Crippen LogP contribution >= 0.6 is 23.4 Å². The van der Waals surface area contributed by atoms with Crippen molar-refractivity contribution in [3.63, 3.8) is 0 Å². The van der Waals surface area contributed by atoms with Crippen molar-refractivity contribution in [1.82, 2.24) is 14.9 Å². The second-order valence-corrected chi connectivity index (χ2v) is 7.94. The number of nitrogens with zero attached hydrogens (tertiary/aromatic N) is 2. The zero-order valence-electron chi connectivity index (χ0n) is 16.3. The van der Waals surface area contributed by atoms with Gasteiger partial charge in [-0.25, -0.2) is 4.98 Å². The number of ether oxygens (including phenoxy) is 1. The first-order valence-electron chi connectivity index (χ1n) is 9.23. The van der Waals surface area contributed by atoms with Crippen LogP contribution in [0, 0.1) is 0 Å². The second kappa shape index (κ2) is 9.80. The lowest BCUT2D eigenvalue weighted by Crippen LogP contribution is -2.34. The summed E-state index contributed by atoms with van der Waals surface area (Å²) in [6.07, 6.45) is 0.808. The van der Waals surface area contributed by atoms with Crippen LogP contribution in [-0.4, -0.2) is 40.2 Å². The summed E-state index contributed by atoms with van der Waals surface area (Å²) in [5.41, 5.74) is 0.283. The number of aromatic amines is 1. The maximum atomic E-state index is 12.8. The van der Waals surface area contributed by atoms with Crippen LogP contribution in [0.15, 0.2) is 52.2 Å². The third-order valence-electron chi connectivity index (χ3n) is 4.33. The van der Waals surface area contributed by atoms with Crippen molar-refractivity contribution in [3.05, 3.63) is 63.7 Å². The van der Waals surface area contributed by atoms with Crippen molar-refractivity contribution in [2.75, 3.05) is 19.4 Å². The molecule has 0 bridgehead atoms. The van der Waals surface area contributed by atoms with Gasteiger partial charge in [-0.05, 0) is 48.9 Å². The molecule has 0 aliphatic carbocycles. The van der Waals surface area contributed by atoms with Gasteiger partial charge in [-0.1, -0.05) is 18.5 Å². The van der Waals surface area contributed by atoms with Crippen molar-refractivity contribution in [2.45, 2.75) is 24.8 Å². The molecule has 0 spiro atoms. The van der Waals surface area contributed by atoms with Gasteiger partial charge in [-0.15, -0.1) is 11.8 Å². The average Bonchev–Trinajstić information content (AvgIpc) is 2.71. The standard InChI is InChI=1S/C21H22ClN3O3S/c1-3-10-25(20(26)13-29-16-7-5-15(28-2)6-8-16)12-19-23-18-11-14(22)4-9-17(18)21(27)24-19/h4-9,11H,3,10,12-13H2,1-2H3,(H,23,24,27). The molecular formula is C21H22ClN3O3S. The number of nitrogens with one attached hydrogen (secondary N) is 1. The van der Waals surface area contributed by atoms with Gasteiger partial charge in [0.1, 0.15) is 11.6 Å². The zero-order valence-corrected chi connectivity index (χ0v) is 17.8. The van der Waals surface area contributed by atoms with Crippen LogP contribution < -0.4 is 10.3 Å². The first-order chi connectivity index (χ1) is 14.0. The van der Waals surface area contributed by atoms with Crippen molar-refractivity contribution in [2.24, 2.45) is 0 Å². The number of hydrogen-bond acceptors (Lipinski definition) is 5. The van der Waals surface area contributed by atoms with Crippen LogP contribution in [0.25, 0.3) is 10.9 Å². The zero-order chi connectivity index (χ0) is 20.8. The number of halogens is 1. The van der Waals surface area contributed by atoms with Gasteiger partial charge in [0.25, 0.3) is 5.56 Å². The number of aromatic nitrogens is 2. The topological polar surface area (TPSA) is 75.3 Å². The van der Waals surface area contributed by atoms with Gasteiger partial charge in [0, 0.05) is 16.5 Å². The summed E-state index contributed by atoms with van der Waals surface area (Å²) in [4.78, 5) is 35.1. The first-order valence-corrected chi connectivity index (χ1v) is 10.6. The lowest BCUT2D eigenvalue weighted by Gasteiger charge is -2.21. The summed E-state index contributed by atoms with van der Waals surface area (Å²) in [6.45, 7) is 2.83. The Morgan fingerprint density at radius 3 is 2.69 bits per heavy atom. The molecule has 0 saturated carbocycles. The van der Waals surface area contributed by atoms with Gasteiger partial charge in [0.15, 0.2) is 0 Å². The minimum absolute atomic E-state index is 0.0125. The number of carbonyl (C=O) groups excluding carboxylic acids is 1. The van der Waals surface area contributed by atoms with Gasteiger partial charge in [-0.3, -0.25) is 9.59 Å². The highest BCUT2D eigenvalue weighted by Crippen LogP contribution is 2.22. The fraction of sp³-hybridized carbons (Fsp3) is 0.286. The molecule has 3 rings (SSSR count). The SMILES string of the molecule is CCCN(Cc1nc2cc(Cl)ccc2c(=O)[nH]1)C(=O)CSc1ccc(OC)cc1. The molecule has 2 aromatic carbocycles. The normalized spacial score (nSPS) is 10.9. The number of methoxy groups -OCH3 is 1. The maximum Gasteiger partial charge on any atom is 0.258 e. The fourth-order valence-electron chi connectivity index (χ4n) is 2.89. The summed E-state index contributed by atoms with van der Waals surface area (Å²) >= 11 is 7.48. The van der Waals surface area contributed by atoms with Crippen LogP contribution in [0.5, 0.6) is 5.75 Å². The third-order valence-corrected chi connectivity index (χ3v) is 5.56. The Bertz CT molecular complexity index is 1050. The minimum Gasteiger partial charge on any atom is -0.497 e. The Morgan fingerprint density at radius 1 is 1.24 bits per heavy atom. The Labute approximate surface area is 178 Å². The number of benzene rings is 2. The van der Waals surface area contributed by atoms with Crippen molar-refractivity contribution >= 4 is 40.2 Å². The van der Waals surface area contributed by atoms with E-state index in [4.69, 9.17) is 16.3 Å². The Balaban J connectivity index is 1.72. The first kappa shape index (κ1) is 21.2. The maximum absolute atomic E-state index is 12.8. The lowest BCUT2D eigenvalue weighted by molar-refractivity contribution is -0.129. The molecule has 1 amide bonds. The molecule has 3 aromatic rings. The van der Waals surface area contributed by atoms with Crippen LogP contribution in [0.4, 0.5) is 0 Å². The number of carbonyl (C=O) groups is 1. The van der Waals surface area contributed by atoms with E-state index in [1.807, 2.05) is 31.2 Å². The molecule has 1 heterocycles. The van der Waals surface area contributed by atoms with E-state index in [1.165, 1.54) is 11.8 Å². The van der Waals surface area contributed by atoms with E-state index in [1.54, 1.807) is 30.2 Å². The number of H-pyrrole nitrogens is 1. The molecule has 6 nitrogen and oxygen atoms in total. The number of fused-ring (bicyclic) bond motifs is 1. The van der Waals surface area contributed by atoms with E-state index < -0.39 is 0 Å². The van der Waals surface area contributed by atoms with E-state index >= 15 is 0 Å². The molecule has 0 fully saturated rings. The summed E-state index contributed by atoms with van der Waals surface area (Å²) in [5, 5.41) is 0.987. The Morgan fingerprint density at radius 2 is 2.00 bits per heavy atom. The molecule has 1 aromatic heterocycles. The van der Waals surface area contributed by atoms with Gasteiger partial charge < -0.3 is 14.6 Å². The largest absolute Gasteiger partial charge is 0.497 e. The van der Waals surface area contributed by atoms with E-state index in [-0.39, 0.29) is 18.0 Å². The highest BCUT2D eigenvalue weighted by molar-refractivity contribution is 8.00. The van der Waals surface area contributed by atoms with E-state index in [0.29, 0.717) is 34.0 Å². The van der Waals surface area contributed by atoms with Crippen molar-refractivity contribution < 1.29 is 9.53 Å². The molecule has 0 unspecified atom stereocenters. The fourth-order valence-corrected chi connectivity index (χ4v) is 3.85. The average molecular weight is 432 g/mol. The van der Waals surface area contributed by atoms with Crippen LogP contribution in [0.2, 0.25) is 5.02 Å². The predicted octanol–water partition coefficient (Wildman–Crippen LogP) is 4.12. The Hall–Kier alpha value is -2.51. The molecule has 152 valence electrons. The van der Waals surface area contributed by atoms with Crippen LogP contribution in [-0.2, 0) is 11.3 Å². The quantitative estimate of drug-likeness (QED) is 0.543. The summed E-state index contributed by atoms with van der Waals surface area (Å²) in [5.74, 6) is 1.51. The third kappa shape index (κ3) is 5.52. The smallest absolute Gasteiger partial charge is 0.258 e. The van der Waals surface area contributed by atoms with Gasteiger partial charge in [0.2, 0.25) is 5.91 Å². The minimum atomic E-state index is -0.238. The number of thioether (sulfide) groups is 1. The molecular weight excluding hydrogens is 410 g/mol. The number of rotatable bonds is 8. The molecule has 1 N–H and O–H groups in total. The molecule has 0 aliphatic rings. The highest BCUT2D eigenvalue weighted by Gasteiger charge is 2.16. The number of hydrogen-bond donors (Lipinski definition) is 1. The molecule has 0 aliphatic heterocycles. The molecule has 29 heavy (non-hydrogen) atoms. The van der Waals surface area contributed by atoms with E-state index in [2.05, 4.69) is 9.97 Å². The lowest BCUT2D eigenvalue weighted by atomic mass is 10.2. The molecule has 0 radical (unpaired) electrons. The van der Waals surface area contributed by atoms with Gasteiger partial charge in [0.05, 0.1) is 30.3 Å².